The standard InChI is InChI=1S/C7H13N3/c1-7(2,3)6-5-10(4)9-8-6/h5H,1-4H3/i5T. The first-order valence-electron chi connectivity index (χ1n) is 3.79. The first-order chi connectivity index (χ1) is 4.93. The highest BCUT2D eigenvalue weighted by Crippen LogP contribution is 2.17. The average Bonchev–Trinajstić information content (AvgIpc) is 2.11. The molecule has 0 bridgehead atoms. The number of hydrogen-bond donors (Lipinski definition) is 0. The van der Waals surface area contributed by atoms with Gasteiger partial charge in [-0.15, -0.1) is 5.10 Å². The average molecular weight is 141 g/mol. The van der Waals surface area contributed by atoms with E-state index in [4.69, 9.17) is 1.37 Å². The summed E-state index contributed by atoms with van der Waals surface area (Å²) in [5.41, 5.74) is 0.672. The molecule has 3 heteroatoms. The van der Waals surface area contributed by atoms with E-state index in [0.717, 1.165) is 5.69 Å². The Morgan fingerprint density at radius 3 is 2.40 bits per heavy atom. The highest BCUT2D eigenvalue weighted by molar-refractivity contribution is 5.05. The van der Waals surface area contributed by atoms with E-state index in [9.17, 15) is 0 Å². The van der Waals surface area contributed by atoms with Gasteiger partial charge in [0.05, 0.1) is 7.06 Å². The van der Waals surface area contributed by atoms with Crippen molar-refractivity contribution >= 4 is 0 Å². The van der Waals surface area contributed by atoms with Gasteiger partial charge < -0.3 is 0 Å². The molecular weight excluding hydrogens is 126 g/mol. The van der Waals surface area contributed by atoms with Crippen LogP contribution in [0.2, 0.25) is 0 Å². The van der Waals surface area contributed by atoms with Crippen LogP contribution in [0.4, 0.5) is 0 Å². The van der Waals surface area contributed by atoms with E-state index in [-0.39, 0.29) is 5.41 Å². The summed E-state index contributed by atoms with van der Waals surface area (Å²) in [4.78, 5) is 0. The zero-order valence-corrected chi connectivity index (χ0v) is 6.84. The zero-order valence-electron chi connectivity index (χ0n) is 7.84. The Bertz CT molecular complexity index is 259. The van der Waals surface area contributed by atoms with E-state index in [2.05, 4.69) is 10.3 Å². The van der Waals surface area contributed by atoms with Crippen molar-refractivity contribution < 1.29 is 1.37 Å². The predicted molar refractivity (Wildman–Crippen MR) is 39.7 cm³/mol. The molecule has 56 valence electrons. The second-order valence-electron chi connectivity index (χ2n) is 3.42. The fourth-order valence-corrected chi connectivity index (χ4v) is 0.627. The van der Waals surface area contributed by atoms with Gasteiger partial charge >= 0.3 is 0 Å². The first kappa shape index (κ1) is 5.89. The van der Waals surface area contributed by atoms with Gasteiger partial charge in [-0.05, 0) is 0 Å². The molecule has 0 aromatic carbocycles. The van der Waals surface area contributed by atoms with Crippen molar-refractivity contribution in [2.75, 3.05) is 0 Å². The molecular formula is C7H13N3. The molecule has 0 saturated heterocycles. The van der Waals surface area contributed by atoms with Crippen LogP contribution in [0.5, 0.6) is 0 Å². The van der Waals surface area contributed by atoms with E-state index in [1.807, 2.05) is 20.8 Å². The van der Waals surface area contributed by atoms with E-state index in [1.54, 1.807) is 7.05 Å². The third-order valence-electron chi connectivity index (χ3n) is 1.26. The molecule has 0 radical (unpaired) electrons. The van der Waals surface area contributed by atoms with Crippen molar-refractivity contribution in [2.45, 2.75) is 26.2 Å². The Kier molecular flexibility index (Phi) is 1.22. The zero-order chi connectivity index (χ0) is 8.65. The Morgan fingerprint density at radius 2 is 2.20 bits per heavy atom. The molecule has 0 saturated carbocycles. The minimum atomic E-state index is -0.0780. The maximum absolute atomic E-state index is 7.57. The molecule has 0 fully saturated rings. The van der Waals surface area contributed by atoms with Gasteiger partial charge in [-0.25, -0.2) is 0 Å². The fourth-order valence-electron chi connectivity index (χ4n) is 0.627. The van der Waals surface area contributed by atoms with E-state index < -0.39 is 0 Å². The molecule has 1 rings (SSSR count). The second-order valence-corrected chi connectivity index (χ2v) is 3.42. The molecule has 0 N–H and O–H groups in total. The summed E-state index contributed by atoms with van der Waals surface area (Å²) in [5.74, 6) is 0. The lowest BCUT2D eigenvalue weighted by Crippen LogP contribution is -2.11. The molecule has 1 aromatic heterocycles. The minimum Gasteiger partial charge on any atom is -0.255 e. The van der Waals surface area contributed by atoms with E-state index in [1.165, 1.54) is 4.68 Å². The maximum atomic E-state index is 7.57. The monoisotopic (exact) mass is 141 g/mol. The van der Waals surface area contributed by atoms with Gasteiger partial charge in [-0.3, -0.25) is 4.68 Å². The SMILES string of the molecule is [3H]c1c(C(C)(C)C)nnn1C. The minimum absolute atomic E-state index is 0.0780. The molecule has 0 aliphatic rings. The summed E-state index contributed by atoms with van der Waals surface area (Å²) < 4.78 is 9.04. The van der Waals surface area contributed by atoms with Gasteiger partial charge in [-0.2, -0.15) is 0 Å². The lowest BCUT2D eigenvalue weighted by Gasteiger charge is -2.12. The highest BCUT2D eigenvalue weighted by Gasteiger charge is 2.16. The van der Waals surface area contributed by atoms with Crippen molar-refractivity contribution in [1.29, 1.82) is 0 Å². The molecule has 0 aliphatic carbocycles. The smallest absolute Gasteiger partial charge is 0.0880 e. The Morgan fingerprint density at radius 1 is 1.60 bits per heavy atom. The Labute approximate surface area is 62.5 Å². The van der Waals surface area contributed by atoms with Crippen LogP contribution >= 0.6 is 0 Å². The van der Waals surface area contributed by atoms with Gasteiger partial charge in [0, 0.05) is 18.6 Å². The Hall–Kier alpha value is -0.860. The van der Waals surface area contributed by atoms with Crippen LogP contribution < -0.4 is 0 Å². The van der Waals surface area contributed by atoms with Crippen molar-refractivity contribution in [2.24, 2.45) is 7.05 Å². The lowest BCUT2D eigenvalue weighted by atomic mass is 9.93. The van der Waals surface area contributed by atoms with Gasteiger partial charge in [0.15, 0.2) is 0 Å². The van der Waals surface area contributed by atoms with Gasteiger partial charge in [0.1, 0.15) is 0 Å². The van der Waals surface area contributed by atoms with Crippen molar-refractivity contribution in [3.63, 3.8) is 0 Å². The number of aryl methyl sites for hydroxylation is 1. The van der Waals surface area contributed by atoms with Gasteiger partial charge in [-0.1, -0.05) is 26.0 Å². The quantitative estimate of drug-likeness (QED) is 0.542. The number of aromatic nitrogens is 3. The van der Waals surface area contributed by atoms with Gasteiger partial charge in [0.2, 0.25) is 0 Å². The highest BCUT2D eigenvalue weighted by atomic mass is 15.4. The summed E-state index contributed by atoms with van der Waals surface area (Å²) in [6, 6.07) is 0. The van der Waals surface area contributed by atoms with Crippen molar-refractivity contribution in [3.05, 3.63) is 11.9 Å². The van der Waals surface area contributed by atoms with E-state index >= 15 is 0 Å². The first-order valence-corrected chi connectivity index (χ1v) is 3.29. The molecule has 1 aromatic rings. The van der Waals surface area contributed by atoms with Crippen LogP contribution in [-0.2, 0) is 12.5 Å². The summed E-state index contributed by atoms with van der Waals surface area (Å²) in [6.07, 6.45) is 0.400. The molecule has 0 atom stereocenters. The molecule has 0 amide bonds. The van der Waals surface area contributed by atoms with Crippen LogP contribution in [0.3, 0.4) is 0 Å². The van der Waals surface area contributed by atoms with Crippen LogP contribution in [0.1, 0.15) is 27.8 Å². The summed E-state index contributed by atoms with van der Waals surface area (Å²) in [6.45, 7) is 6.07. The summed E-state index contributed by atoms with van der Waals surface area (Å²) in [5, 5.41) is 7.67. The molecule has 3 nitrogen and oxygen atoms in total. The third kappa shape index (κ3) is 1.35. The van der Waals surface area contributed by atoms with Crippen LogP contribution in [0.15, 0.2) is 6.17 Å². The Balaban J connectivity index is 3.15. The largest absolute Gasteiger partial charge is 0.255 e. The van der Waals surface area contributed by atoms with Crippen molar-refractivity contribution in [3.8, 4) is 0 Å². The van der Waals surface area contributed by atoms with Crippen molar-refractivity contribution in [1.82, 2.24) is 15.0 Å². The molecule has 10 heavy (non-hydrogen) atoms. The third-order valence-corrected chi connectivity index (χ3v) is 1.26. The van der Waals surface area contributed by atoms with Crippen LogP contribution in [-0.4, -0.2) is 15.0 Å². The van der Waals surface area contributed by atoms with Gasteiger partial charge in [0.25, 0.3) is 0 Å². The second kappa shape index (κ2) is 2.08. The molecule has 0 unspecified atom stereocenters. The molecule has 0 aliphatic heterocycles. The van der Waals surface area contributed by atoms with Crippen LogP contribution in [0.25, 0.3) is 0 Å². The fraction of sp³-hybridized carbons (Fsp3) is 0.714. The molecule has 1 heterocycles. The number of hydrogen-bond acceptors (Lipinski definition) is 2. The number of nitrogens with zero attached hydrogens (tertiary/aromatic N) is 3. The maximum Gasteiger partial charge on any atom is 0.0880 e. The summed E-state index contributed by atoms with van der Waals surface area (Å²) in [7, 11) is 1.73. The normalized spacial score (nSPS) is 13.4. The van der Waals surface area contributed by atoms with E-state index in [0.29, 0.717) is 6.17 Å². The predicted octanol–water partition coefficient (Wildman–Crippen LogP) is 1.11. The summed E-state index contributed by atoms with van der Waals surface area (Å²) >= 11 is 0. The van der Waals surface area contributed by atoms with Crippen LogP contribution in [0, 0.1) is 0 Å². The number of rotatable bonds is 0. The lowest BCUT2D eigenvalue weighted by molar-refractivity contribution is 0.566. The molecule has 0 spiro atoms. The topological polar surface area (TPSA) is 30.7 Å².